The number of nitrogens with one attached hydrogen (secondary N) is 3. The van der Waals surface area contributed by atoms with Gasteiger partial charge in [0.15, 0.2) is 0 Å². The highest BCUT2D eigenvalue weighted by Gasteiger charge is 2.52. The van der Waals surface area contributed by atoms with Crippen molar-refractivity contribution in [2.24, 2.45) is 0 Å². The standard InChI is InChI=1S/C24H40BN5O5/c1-15(28-21(32)33-22(2,3)4)19(31)29-17-11-9-10-12-18(17)30-20-26-13-16(14-27-20)25-34-23(5,6)24(7,8)35-25/h13-15,17-18H,9-12H2,1-8H3,(H,28,32)(H,29,31)(H,26,27,30)/t15-,17+,18-/m0/s1. The zero-order valence-corrected chi connectivity index (χ0v) is 22.2. The molecule has 1 aromatic heterocycles. The summed E-state index contributed by atoms with van der Waals surface area (Å²) in [6.45, 7) is 15.0. The van der Waals surface area contributed by atoms with E-state index in [0.29, 0.717) is 5.95 Å². The first-order chi connectivity index (χ1) is 16.2. The number of alkyl carbamates (subject to hydrolysis) is 1. The Morgan fingerprint density at radius 1 is 1.06 bits per heavy atom. The summed E-state index contributed by atoms with van der Waals surface area (Å²) >= 11 is 0. The highest BCUT2D eigenvalue weighted by molar-refractivity contribution is 6.61. The molecule has 2 aliphatic rings. The third-order valence-corrected chi connectivity index (χ3v) is 6.73. The van der Waals surface area contributed by atoms with E-state index < -0.39 is 36.1 Å². The third-order valence-electron chi connectivity index (χ3n) is 6.73. The summed E-state index contributed by atoms with van der Waals surface area (Å²) in [6, 6.07) is -0.850. The third kappa shape index (κ3) is 7.07. The van der Waals surface area contributed by atoms with Gasteiger partial charge in [0, 0.05) is 29.9 Å². The van der Waals surface area contributed by atoms with Crippen LogP contribution in [-0.4, -0.2) is 64.0 Å². The zero-order chi connectivity index (χ0) is 26.0. The number of rotatable bonds is 6. The van der Waals surface area contributed by atoms with Gasteiger partial charge in [-0.05, 0) is 68.2 Å². The highest BCUT2D eigenvalue weighted by Crippen LogP contribution is 2.36. The number of carbonyl (C=O) groups is 2. The zero-order valence-electron chi connectivity index (χ0n) is 22.2. The Kier molecular flexibility index (Phi) is 8.01. The van der Waals surface area contributed by atoms with Gasteiger partial charge in [0.25, 0.3) is 0 Å². The fourth-order valence-corrected chi connectivity index (χ4v) is 4.01. The van der Waals surface area contributed by atoms with Crippen molar-refractivity contribution in [2.45, 2.75) is 116 Å². The molecule has 0 radical (unpaired) electrons. The number of nitrogens with zero attached hydrogens (tertiary/aromatic N) is 2. The average Bonchev–Trinajstić information content (AvgIpc) is 2.95. The normalized spacial score (nSPS) is 24.4. The van der Waals surface area contributed by atoms with Gasteiger partial charge in [-0.2, -0.15) is 0 Å². The molecule has 0 unspecified atom stereocenters. The average molecular weight is 489 g/mol. The largest absolute Gasteiger partial charge is 0.498 e. The van der Waals surface area contributed by atoms with Crippen molar-refractivity contribution in [3.05, 3.63) is 12.4 Å². The number of hydrogen-bond acceptors (Lipinski definition) is 8. The Bertz CT molecular complexity index is 887. The van der Waals surface area contributed by atoms with Crippen LogP contribution in [0, 0.1) is 0 Å². The second-order valence-electron chi connectivity index (χ2n) is 11.4. The van der Waals surface area contributed by atoms with Crippen LogP contribution in [0.2, 0.25) is 0 Å². The maximum absolute atomic E-state index is 12.7. The lowest BCUT2D eigenvalue weighted by molar-refractivity contribution is -0.123. The van der Waals surface area contributed by atoms with Crippen molar-refractivity contribution < 1.29 is 23.6 Å². The first-order valence-corrected chi connectivity index (χ1v) is 12.4. The maximum atomic E-state index is 12.7. The first-order valence-electron chi connectivity index (χ1n) is 12.4. The van der Waals surface area contributed by atoms with Gasteiger partial charge in [0.1, 0.15) is 11.6 Å². The number of amides is 2. The molecule has 1 aliphatic carbocycles. The molecule has 11 heteroatoms. The second-order valence-corrected chi connectivity index (χ2v) is 11.4. The van der Waals surface area contributed by atoms with Gasteiger partial charge >= 0.3 is 13.2 Å². The summed E-state index contributed by atoms with van der Waals surface area (Å²) in [5.41, 5.74) is -0.740. The fourth-order valence-electron chi connectivity index (χ4n) is 4.01. The Morgan fingerprint density at radius 2 is 1.60 bits per heavy atom. The summed E-state index contributed by atoms with van der Waals surface area (Å²) < 4.78 is 17.4. The van der Waals surface area contributed by atoms with Crippen LogP contribution < -0.4 is 21.4 Å². The van der Waals surface area contributed by atoms with Gasteiger partial charge in [-0.3, -0.25) is 4.79 Å². The number of hydrogen-bond donors (Lipinski definition) is 3. The quantitative estimate of drug-likeness (QED) is 0.521. The maximum Gasteiger partial charge on any atom is 0.498 e. The molecule has 0 aromatic carbocycles. The molecule has 10 nitrogen and oxygen atoms in total. The molecule has 1 aliphatic heterocycles. The Balaban J connectivity index is 1.57. The Morgan fingerprint density at radius 3 is 2.14 bits per heavy atom. The van der Waals surface area contributed by atoms with Crippen molar-refractivity contribution in [3.8, 4) is 0 Å². The molecule has 1 aromatic rings. The number of anilines is 1. The van der Waals surface area contributed by atoms with Crippen LogP contribution in [0.3, 0.4) is 0 Å². The fraction of sp³-hybridized carbons (Fsp3) is 0.750. The van der Waals surface area contributed by atoms with E-state index in [-0.39, 0.29) is 18.0 Å². The van der Waals surface area contributed by atoms with Crippen LogP contribution in [0.5, 0.6) is 0 Å². The molecule has 1 saturated heterocycles. The molecule has 35 heavy (non-hydrogen) atoms. The molecule has 3 N–H and O–H groups in total. The molecular formula is C24H40BN5O5. The van der Waals surface area contributed by atoms with Crippen molar-refractivity contribution in [1.82, 2.24) is 20.6 Å². The molecule has 1 saturated carbocycles. The van der Waals surface area contributed by atoms with Crippen LogP contribution in [0.15, 0.2) is 12.4 Å². The molecule has 0 spiro atoms. The Labute approximate surface area is 208 Å². The van der Waals surface area contributed by atoms with Gasteiger partial charge in [-0.1, -0.05) is 12.8 Å². The monoisotopic (exact) mass is 489 g/mol. The van der Waals surface area contributed by atoms with E-state index in [4.69, 9.17) is 14.0 Å². The minimum Gasteiger partial charge on any atom is -0.444 e. The minimum absolute atomic E-state index is 0.0240. The van der Waals surface area contributed by atoms with Gasteiger partial charge in [0.2, 0.25) is 11.9 Å². The molecule has 2 fully saturated rings. The minimum atomic E-state index is -0.720. The molecular weight excluding hydrogens is 449 g/mol. The topological polar surface area (TPSA) is 124 Å². The first kappa shape index (κ1) is 27.2. The lowest BCUT2D eigenvalue weighted by atomic mass is 9.81. The van der Waals surface area contributed by atoms with Gasteiger partial charge in [-0.15, -0.1) is 0 Å². The van der Waals surface area contributed by atoms with E-state index in [1.54, 1.807) is 40.1 Å². The summed E-state index contributed by atoms with van der Waals surface area (Å²) in [4.78, 5) is 33.7. The van der Waals surface area contributed by atoms with E-state index in [9.17, 15) is 9.59 Å². The van der Waals surface area contributed by atoms with Crippen LogP contribution in [0.4, 0.5) is 10.7 Å². The van der Waals surface area contributed by atoms with E-state index in [2.05, 4.69) is 25.9 Å². The van der Waals surface area contributed by atoms with Crippen molar-refractivity contribution in [3.63, 3.8) is 0 Å². The van der Waals surface area contributed by atoms with E-state index in [0.717, 1.165) is 31.1 Å². The second kappa shape index (κ2) is 10.3. The molecule has 0 bridgehead atoms. The predicted octanol–water partition coefficient (Wildman–Crippen LogP) is 2.53. The Hall–Kier alpha value is -2.40. The summed E-state index contributed by atoms with van der Waals surface area (Å²) in [5.74, 6) is 0.225. The van der Waals surface area contributed by atoms with E-state index >= 15 is 0 Å². The molecule has 194 valence electrons. The SMILES string of the molecule is C[C@H](NC(=O)OC(C)(C)C)C(=O)N[C@@H]1CCCC[C@@H]1Nc1ncc(B2OC(C)(C)C(C)(C)O2)cn1. The number of ether oxygens (including phenoxy) is 1. The van der Waals surface area contributed by atoms with Crippen molar-refractivity contribution in [1.29, 1.82) is 0 Å². The van der Waals surface area contributed by atoms with Crippen LogP contribution in [0.25, 0.3) is 0 Å². The van der Waals surface area contributed by atoms with Crippen LogP contribution in [-0.2, 0) is 18.8 Å². The lowest BCUT2D eigenvalue weighted by Gasteiger charge is -2.33. The molecule has 2 amide bonds. The van der Waals surface area contributed by atoms with Crippen LogP contribution >= 0.6 is 0 Å². The summed E-state index contributed by atoms with van der Waals surface area (Å²) in [6.07, 6.45) is 6.56. The lowest BCUT2D eigenvalue weighted by Crippen LogP contribution is -2.54. The van der Waals surface area contributed by atoms with Gasteiger partial charge < -0.3 is 30.0 Å². The molecule has 3 rings (SSSR count). The van der Waals surface area contributed by atoms with Crippen molar-refractivity contribution >= 4 is 30.5 Å². The van der Waals surface area contributed by atoms with E-state index in [1.807, 2.05) is 27.7 Å². The van der Waals surface area contributed by atoms with Gasteiger partial charge in [-0.25, -0.2) is 14.8 Å². The predicted molar refractivity (Wildman–Crippen MR) is 134 cm³/mol. The highest BCUT2D eigenvalue weighted by atomic mass is 16.7. The molecule has 3 atom stereocenters. The van der Waals surface area contributed by atoms with E-state index in [1.165, 1.54) is 0 Å². The molecule has 2 heterocycles. The van der Waals surface area contributed by atoms with Crippen LogP contribution in [0.1, 0.15) is 81.1 Å². The number of carbonyl (C=O) groups excluding carboxylic acids is 2. The summed E-state index contributed by atoms with van der Waals surface area (Å²) in [5, 5.41) is 9.02. The summed E-state index contributed by atoms with van der Waals surface area (Å²) in [7, 11) is -0.519. The smallest absolute Gasteiger partial charge is 0.444 e. The number of aromatic nitrogens is 2. The van der Waals surface area contributed by atoms with Gasteiger partial charge in [0.05, 0.1) is 11.2 Å². The van der Waals surface area contributed by atoms with Crippen molar-refractivity contribution in [2.75, 3.05) is 5.32 Å².